The van der Waals surface area contributed by atoms with Gasteiger partial charge in [-0.1, -0.05) is 6.92 Å². The number of fused-ring (bicyclic) bond motifs is 1. The third-order valence-corrected chi connectivity index (χ3v) is 6.43. The normalized spacial score (nSPS) is 18.1. The SMILES string of the molecule is CC[C@H]1COC(=O)N1c1nc(C)nc(NC2(c3cc4cc(C#N)c(OCC(F)F)cc4[nH]c3=O)CC2)n1. The summed E-state index contributed by atoms with van der Waals surface area (Å²) in [5.41, 5.74) is -0.312. The summed E-state index contributed by atoms with van der Waals surface area (Å²) in [7, 11) is 0. The van der Waals surface area contributed by atoms with Crippen molar-refractivity contribution in [2.24, 2.45) is 0 Å². The van der Waals surface area contributed by atoms with Crippen molar-refractivity contribution < 1.29 is 23.0 Å². The number of aryl methyl sites for hydroxylation is 1. The summed E-state index contributed by atoms with van der Waals surface area (Å²) in [5.74, 6) is 0.738. The Kier molecular flexibility index (Phi) is 6.10. The van der Waals surface area contributed by atoms with Crippen LogP contribution >= 0.6 is 0 Å². The summed E-state index contributed by atoms with van der Waals surface area (Å²) in [5, 5.41) is 13.3. The molecule has 13 heteroatoms. The second-order valence-corrected chi connectivity index (χ2v) is 8.98. The Hall–Kier alpha value is -4.34. The minimum atomic E-state index is -2.70. The van der Waals surface area contributed by atoms with Gasteiger partial charge in [0.1, 0.15) is 30.9 Å². The van der Waals surface area contributed by atoms with E-state index in [0.29, 0.717) is 41.6 Å². The average molecular weight is 511 g/mol. The number of nitriles is 1. The number of alkyl halides is 2. The highest BCUT2D eigenvalue weighted by Crippen LogP contribution is 2.47. The minimum Gasteiger partial charge on any atom is -0.486 e. The number of nitrogens with one attached hydrogen (secondary N) is 2. The molecule has 1 saturated heterocycles. The van der Waals surface area contributed by atoms with Gasteiger partial charge in [0.05, 0.1) is 22.7 Å². The number of rotatable bonds is 8. The molecule has 0 spiro atoms. The van der Waals surface area contributed by atoms with E-state index in [1.165, 1.54) is 17.0 Å². The van der Waals surface area contributed by atoms with Crippen molar-refractivity contribution in [3.8, 4) is 11.8 Å². The lowest BCUT2D eigenvalue weighted by Crippen LogP contribution is -2.35. The summed E-state index contributed by atoms with van der Waals surface area (Å²) in [6.07, 6.45) is -1.33. The monoisotopic (exact) mass is 511 g/mol. The molecule has 0 unspecified atom stereocenters. The maximum Gasteiger partial charge on any atom is 0.417 e. The number of pyridine rings is 1. The van der Waals surface area contributed by atoms with Crippen LogP contribution in [-0.2, 0) is 10.3 Å². The number of hydrogen-bond acceptors (Lipinski definition) is 9. The van der Waals surface area contributed by atoms with Crippen molar-refractivity contribution in [3.05, 3.63) is 45.5 Å². The predicted molar refractivity (Wildman–Crippen MR) is 128 cm³/mol. The van der Waals surface area contributed by atoms with Crippen molar-refractivity contribution in [2.45, 2.75) is 51.1 Å². The highest BCUT2D eigenvalue weighted by atomic mass is 19.3. The number of aromatic nitrogens is 4. The summed E-state index contributed by atoms with van der Waals surface area (Å²) in [4.78, 5) is 42.6. The van der Waals surface area contributed by atoms with Crippen molar-refractivity contribution in [1.82, 2.24) is 19.9 Å². The summed E-state index contributed by atoms with van der Waals surface area (Å²) >= 11 is 0. The van der Waals surface area contributed by atoms with Crippen LogP contribution in [0.5, 0.6) is 5.75 Å². The molecule has 0 radical (unpaired) electrons. The molecule has 1 aliphatic heterocycles. The maximum absolute atomic E-state index is 13.1. The number of anilines is 2. The molecule has 37 heavy (non-hydrogen) atoms. The number of hydrogen-bond donors (Lipinski definition) is 2. The van der Waals surface area contributed by atoms with Gasteiger partial charge in [-0.2, -0.15) is 20.2 Å². The first-order chi connectivity index (χ1) is 17.7. The molecule has 11 nitrogen and oxygen atoms in total. The van der Waals surface area contributed by atoms with Crippen LogP contribution in [0, 0.1) is 18.3 Å². The number of cyclic esters (lactones) is 1. The minimum absolute atomic E-state index is 0.0306. The quantitative estimate of drug-likeness (QED) is 0.465. The topological polar surface area (TPSA) is 146 Å². The van der Waals surface area contributed by atoms with Gasteiger partial charge in [-0.15, -0.1) is 0 Å². The van der Waals surface area contributed by atoms with Gasteiger partial charge in [-0.25, -0.2) is 18.5 Å². The number of H-pyrrole nitrogens is 1. The molecule has 1 aromatic carbocycles. The first kappa shape index (κ1) is 24.4. The van der Waals surface area contributed by atoms with Crippen LogP contribution in [0.2, 0.25) is 0 Å². The zero-order valence-corrected chi connectivity index (χ0v) is 20.0. The number of amides is 1. The van der Waals surface area contributed by atoms with Crippen LogP contribution in [0.25, 0.3) is 10.9 Å². The zero-order chi connectivity index (χ0) is 26.3. The largest absolute Gasteiger partial charge is 0.486 e. The number of ether oxygens (including phenoxy) is 2. The molecule has 1 aliphatic carbocycles. The third kappa shape index (κ3) is 4.62. The van der Waals surface area contributed by atoms with Gasteiger partial charge in [-0.3, -0.25) is 4.79 Å². The van der Waals surface area contributed by atoms with Crippen LogP contribution in [0.3, 0.4) is 0 Å². The van der Waals surface area contributed by atoms with Gasteiger partial charge >= 0.3 is 6.09 Å². The fraction of sp³-hybridized carbons (Fsp3) is 0.417. The highest BCUT2D eigenvalue weighted by molar-refractivity contribution is 5.88. The van der Waals surface area contributed by atoms with E-state index in [9.17, 15) is 23.6 Å². The molecule has 1 saturated carbocycles. The van der Waals surface area contributed by atoms with E-state index in [1.54, 1.807) is 13.0 Å². The molecule has 0 bridgehead atoms. The number of nitrogens with zero attached hydrogens (tertiary/aromatic N) is 5. The Morgan fingerprint density at radius 2 is 2.08 bits per heavy atom. The first-order valence-electron chi connectivity index (χ1n) is 11.7. The third-order valence-electron chi connectivity index (χ3n) is 6.43. The van der Waals surface area contributed by atoms with Crippen molar-refractivity contribution >= 4 is 28.9 Å². The van der Waals surface area contributed by atoms with Gasteiger partial charge in [0.2, 0.25) is 11.9 Å². The molecular formula is C24H23F2N7O4. The van der Waals surface area contributed by atoms with Crippen molar-refractivity contribution in [1.29, 1.82) is 5.26 Å². The molecule has 2 fully saturated rings. The Morgan fingerprint density at radius 1 is 1.30 bits per heavy atom. The highest BCUT2D eigenvalue weighted by Gasteiger charge is 2.47. The smallest absolute Gasteiger partial charge is 0.417 e. The fourth-order valence-corrected chi connectivity index (χ4v) is 4.39. The first-order valence-corrected chi connectivity index (χ1v) is 11.7. The van der Waals surface area contributed by atoms with Gasteiger partial charge in [0, 0.05) is 17.0 Å². The second-order valence-electron chi connectivity index (χ2n) is 8.98. The zero-order valence-electron chi connectivity index (χ0n) is 20.0. The second kappa shape index (κ2) is 9.27. The van der Waals surface area contributed by atoms with Crippen LogP contribution in [-0.4, -0.2) is 51.7 Å². The maximum atomic E-state index is 13.1. The van der Waals surface area contributed by atoms with Crippen LogP contribution in [0.1, 0.15) is 43.1 Å². The predicted octanol–water partition coefficient (Wildman–Crippen LogP) is 3.37. The van der Waals surface area contributed by atoms with Gasteiger partial charge in [-0.05, 0) is 38.3 Å². The lowest BCUT2D eigenvalue weighted by Gasteiger charge is -2.21. The Bertz CT molecular complexity index is 1480. The van der Waals surface area contributed by atoms with E-state index >= 15 is 0 Å². The number of aromatic amines is 1. The summed E-state index contributed by atoms with van der Waals surface area (Å²) in [6, 6.07) is 6.27. The van der Waals surface area contributed by atoms with E-state index in [0.717, 1.165) is 0 Å². The van der Waals surface area contributed by atoms with E-state index < -0.39 is 24.7 Å². The number of carbonyl (C=O) groups excluding carboxylic acids is 1. The Labute approximate surface area is 209 Å². The molecule has 2 N–H and O–H groups in total. The number of benzene rings is 1. The number of carbonyl (C=O) groups is 1. The van der Waals surface area contributed by atoms with E-state index in [-0.39, 0.29) is 41.4 Å². The van der Waals surface area contributed by atoms with Gasteiger partial charge < -0.3 is 19.8 Å². The standard InChI is InChI=1S/C24H23F2N7O4/c1-3-15-10-37-23(35)33(15)22-29-12(2)28-21(31-22)32-24(4-5-24)16-7-13-6-14(9-27)18(36-11-19(25)26)8-17(13)30-20(16)34/h6-8,15,19H,3-5,10-11H2,1-2H3,(H,30,34)(H,28,29,31,32)/t15-/m0/s1. The van der Waals surface area contributed by atoms with Crippen molar-refractivity contribution in [3.63, 3.8) is 0 Å². The molecule has 3 aromatic rings. The molecule has 1 atom stereocenters. The van der Waals surface area contributed by atoms with Crippen LogP contribution < -0.4 is 20.5 Å². The van der Waals surface area contributed by atoms with Gasteiger partial charge in [0.25, 0.3) is 12.0 Å². The molecule has 3 heterocycles. The van der Waals surface area contributed by atoms with Crippen LogP contribution in [0.15, 0.2) is 23.0 Å². The molecule has 192 valence electrons. The van der Waals surface area contributed by atoms with Crippen LogP contribution in [0.4, 0.5) is 25.5 Å². The molecule has 1 amide bonds. The lowest BCUT2D eigenvalue weighted by atomic mass is 10.0. The molecule has 2 aliphatic rings. The summed E-state index contributed by atoms with van der Waals surface area (Å²) < 4.78 is 35.4. The molecule has 2 aromatic heterocycles. The Balaban J connectivity index is 1.48. The summed E-state index contributed by atoms with van der Waals surface area (Å²) in [6.45, 7) is 3.00. The molecule has 5 rings (SSSR count). The average Bonchev–Trinajstić information content (AvgIpc) is 3.53. The Morgan fingerprint density at radius 3 is 2.76 bits per heavy atom. The van der Waals surface area contributed by atoms with Crippen molar-refractivity contribution in [2.75, 3.05) is 23.4 Å². The van der Waals surface area contributed by atoms with Gasteiger partial charge in [0.15, 0.2) is 0 Å². The number of halogens is 2. The van der Waals surface area contributed by atoms with E-state index in [4.69, 9.17) is 9.47 Å². The molecular weight excluding hydrogens is 488 g/mol. The van der Waals surface area contributed by atoms with E-state index in [1.807, 2.05) is 13.0 Å². The van der Waals surface area contributed by atoms with E-state index in [2.05, 4.69) is 25.3 Å². The fourth-order valence-electron chi connectivity index (χ4n) is 4.39. The lowest BCUT2D eigenvalue weighted by molar-refractivity contribution is 0.0818.